The normalized spacial score (nSPS) is 11.4. The van der Waals surface area contributed by atoms with Crippen molar-refractivity contribution in [2.75, 3.05) is 4.72 Å². The van der Waals surface area contributed by atoms with Crippen LogP contribution < -0.4 is 4.72 Å². The number of aryl methyl sites for hydroxylation is 1. The highest BCUT2D eigenvalue weighted by atomic mass is 79.9. The molecule has 0 fully saturated rings. The first-order valence-electron chi connectivity index (χ1n) is 5.40. The maximum atomic E-state index is 12.3. The minimum absolute atomic E-state index is 0.00439. The molecule has 1 aromatic carbocycles. The van der Waals surface area contributed by atoms with E-state index in [-0.39, 0.29) is 15.7 Å². The molecule has 8 heteroatoms. The van der Waals surface area contributed by atoms with Gasteiger partial charge in [-0.1, -0.05) is 27.5 Å². The molecule has 0 amide bonds. The van der Waals surface area contributed by atoms with Crippen LogP contribution in [-0.4, -0.2) is 13.4 Å². The number of hydrogen-bond donors (Lipinski definition) is 1. The predicted molar refractivity (Wildman–Crippen MR) is 86.6 cm³/mol. The van der Waals surface area contributed by atoms with Crippen molar-refractivity contribution in [2.45, 2.75) is 11.8 Å². The maximum Gasteiger partial charge on any atom is 0.264 e. The fourth-order valence-electron chi connectivity index (χ4n) is 1.49. The number of anilines is 1. The summed E-state index contributed by atoms with van der Waals surface area (Å²) in [5.74, 6) is 0.240. The minimum atomic E-state index is -3.77. The predicted octanol–water partition coefficient (Wildman–Crippen LogP) is 4.37. The van der Waals surface area contributed by atoms with Gasteiger partial charge in [0.1, 0.15) is 10.7 Å². The van der Waals surface area contributed by atoms with Crippen molar-refractivity contribution >= 4 is 59.3 Å². The van der Waals surface area contributed by atoms with Crippen molar-refractivity contribution in [3.05, 3.63) is 50.0 Å². The van der Waals surface area contributed by atoms with E-state index in [9.17, 15) is 8.42 Å². The van der Waals surface area contributed by atoms with Gasteiger partial charge in [0.25, 0.3) is 10.0 Å². The molecule has 0 aliphatic rings. The molecular weight excluding hydrogens is 431 g/mol. The molecule has 20 heavy (non-hydrogen) atoms. The average molecular weight is 441 g/mol. The number of rotatable bonds is 3. The molecule has 2 rings (SSSR count). The van der Waals surface area contributed by atoms with E-state index < -0.39 is 10.0 Å². The average Bonchev–Trinajstić information content (AvgIpc) is 2.33. The van der Waals surface area contributed by atoms with Gasteiger partial charge in [-0.2, -0.15) is 0 Å². The fraction of sp³-hybridized carbons (Fsp3) is 0.0833. The number of nitrogens with zero attached hydrogens (tertiary/aromatic N) is 1. The zero-order valence-corrected chi connectivity index (χ0v) is 14.9. The monoisotopic (exact) mass is 438 g/mol. The van der Waals surface area contributed by atoms with Gasteiger partial charge in [-0.05, 0) is 53.2 Å². The molecule has 0 aliphatic heterocycles. The number of hydrogen-bond acceptors (Lipinski definition) is 3. The summed E-state index contributed by atoms with van der Waals surface area (Å²) in [5.41, 5.74) is 0.687. The van der Waals surface area contributed by atoms with Gasteiger partial charge in [-0.3, -0.25) is 4.72 Å². The molecule has 1 N–H and O–H groups in total. The molecule has 0 saturated heterocycles. The lowest BCUT2D eigenvalue weighted by molar-refractivity contribution is 0.601. The van der Waals surface area contributed by atoms with Crippen molar-refractivity contribution in [1.29, 1.82) is 0 Å². The second-order valence-corrected chi connectivity index (χ2v) is 7.77. The Hall–Kier alpha value is -0.630. The lowest BCUT2D eigenvalue weighted by Crippen LogP contribution is -2.14. The third-order valence-corrected chi connectivity index (χ3v) is 5.61. The Labute approximate surface area is 138 Å². The second kappa shape index (κ2) is 6.01. The van der Waals surface area contributed by atoms with Gasteiger partial charge in [0.05, 0.1) is 10.7 Å². The van der Waals surface area contributed by atoms with E-state index in [1.165, 1.54) is 12.1 Å². The summed E-state index contributed by atoms with van der Waals surface area (Å²) in [6.45, 7) is 1.77. The molecule has 0 spiro atoms. The number of pyridine rings is 1. The molecule has 0 bridgehead atoms. The van der Waals surface area contributed by atoms with E-state index in [4.69, 9.17) is 11.6 Å². The third-order valence-electron chi connectivity index (χ3n) is 2.44. The Kier molecular flexibility index (Phi) is 4.73. The van der Waals surface area contributed by atoms with Crippen LogP contribution in [0.5, 0.6) is 0 Å². The van der Waals surface area contributed by atoms with Gasteiger partial charge in [0.2, 0.25) is 0 Å². The van der Waals surface area contributed by atoms with E-state index >= 15 is 0 Å². The van der Waals surface area contributed by atoms with Gasteiger partial charge in [0, 0.05) is 8.95 Å². The Balaban J connectivity index is 2.38. The van der Waals surface area contributed by atoms with E-state index in [1.54, 1.807) is 25.1 Å². The van der Waals surface area contributed by atoms with Crippen molar-refractivity contribution in [1.82, 2.24) is 4.98 Å². The number of sulfonamides is 1. The Morgan fingerprint density at radius 3 is 2.50 bits per heavy atom. The molecule has 2 aromatic rings. The topological polar surface area (TPSA) is 59.1 Å². The summed E-state index contributed by atoms with van der Waals surface area (Å²) < 4.78 is 28.5. The van der Waals surface area contributed by atoms with Crippen molar-refractivity contribution in [3.63, 3.8) is 0 Å². The molecule has 1 heterocycles. The van der Waals surface area contributed by atoms with E-state index in [1.807, 2.05) is 0 Å². The maximum absolute atomic E-state index is 12.3. The van der Waals surface area contributed by atoms with Gasteiger partial charge in [-0.15, -0.1) is 0 Å². The largest absolute Gasteiger partial charge is 0.264 e. The van der Waals surface area contributed by atoms with Crippen molar-refractivity contribution in [2.24, 2.45) is 0 Å². The highest BCUT2D eigenvalue weighted by molar-refractivity contribution is 9.10. The van der Waals surface area contributed by atoms with Crippen LogP contribution in [0.4, 0.5) is 5.82 Å². The zero-order valence-electron chi connectivity index (χ0n) is 10.2. The summed E-state index contributed by atoms with van der Waals surface area (Å²) in [6.07, 6.45) is 0. The van der Waals surface area contributed by atoms with Gasteiger partial charge >= 0.3 is 0 Å². The molecule has 0 saturated carbocycles. The van der Waals surface area contributed by atoms with Gasteiger partial charge in [0.15, 0.2) is 0 Å². The van der Waals surface area contributed by atoms with Crippen LogP contribution in [0.1, 0.15) is 5.69 Å². The second-order valence-electron chi connectivity index (χ2n) is 3.94. The van der Waals surface area contributed by atoms with E-state index in [0.29, 0.717) is 10.2 Å². The van der Waals surface area contributed by atoms with E-state index in [2.05, 4.69) is 41.6 Å². The molecule has 0 unspecified atom stereocenters. The molecule has 0 radical (unpaired) electrons. The summed E-state index contributed by atoms with van der Waals surface area (Å²) in [7, 11) is -3.77. The molecular formula is C12H9Br2ClN2O2S. The van der Waals surface area contributed by atoms with Crippen LogP contribution in [0.3, 0.4) is 0 Å². The molecule has 0 aliphatic carbocycles. The van der Waals surface area contributed by atoms with Gasteiger partial charge < -0.3 is 0 Å². The summed E-state index contributed by atoms with van der Waals surface area (Å²) in [5, 5.41) is 0.140. The zero-order chi connectivity index (χ0) is 14.9. The quantitative estimate of drug-likeness (QED) is 0.771. The number of halogens is 3. The van der Waals surface area contributed by atoms with Crippen LogP contribution >= 0.6 is 43.5 Å². The third kappa shape index (κ3) is 3.52. The Morgan fingerprint density at radius 2 is 1.90 bits per heavy atom. The van der Waals surface area contributed by atoms with Crippen molar-refractivity contribution in [3.8, 4) is 0 Å². The SMILES string of the molecule is Cc1nc(NS(=O)(=O)c2ccc(Br)cc2Cl)ccc1Br. The van der Waals surface area contributed by atoms with Crippen LogP contribution in [-0.2, 0) is 10.0 Å². The van der Waals surface area contributed by atoms with Crippen molar-refractivity contribution < 1.29 is 8.42 Å². The summed E-state index contributed by atoms with van der Waals surface area (Å²) in [6, 6.07) is 7.86. The first kappa shape index (κ1) is 15.8. The van der Waals surface area contributed by atoms with E-state index in [0.717, 1.165) is 4.47 Å². The highest BCUT2D eigenvalue weighted by Gasteiger charge is 2.19. The van der Waals surface area contributed by atoms with Crippen LogP contribution in [0.25, 0.3) is 0 Å². The first-order chi connectivity index (χ1) is 9.29. The lowest BCUT2D eigenvalue weighted by Gasteiger charge is -2.10. The smallest absolute Gasteiger partial charge is 0.263 e. The van der Waals surface area contributed by atoms with Crippen LogP contribution in [0.2, 0.25) is 5.02 Å². The van der Waals surface area contributed by atoms with Gasteiger partial charge in [-0.25, -0.2) is 13.4 Å². The number of aromatic nitrogens is 1. The Morgan fingerprint density at radius 1 is 1.20 bits per heavy atom. The molecule has 1 aromatic heterocycles. The molecule has 0 atom stereocenters. The fourth-order valence-corrected chi connectivity index (χ4v) is 3.75. The lowest BCUT2D eigenvalue weighted by atomic mass is 10.4. The molecule has 4 nitrogen and oxygen atoms in total. The van der Waals surface area contributed by atoms with Crippen LogP contribution in [0, 0.1) is 6.92 Å². The standard InChI is InChI=1S/C12H9Br2ClN2O2S/c1-7-9(14)3-5-12(16-7)17-20(18,19)11-4-2-8(13)6-10(11)15/h2-6H,1H3,(H,16,17). The van der Waals surface area contributed by atoms with Crippen LogP contribution in [0.15, 0.2) is 44.2 Å². The summed E-state index contributed by atoms with van der Waals surface area (Å²) >= 11 is 12.5. The number of benzene rings is 1. The Bertz CT molecular complexity index is 766. The number of nitrogens with one attached hydrogen (secondary N) is 1. The minimum Gasteiger partial charge on any atom is -0.263 e. The first-order valence-corrected chi connectivity index (χ1v) is 8.85. The highest BCUT2D eigenvalue weighted by Crippen LogP contribution is 2.27. The molecule has 106 valence electrons. The summed E-state index contributed by atoms with van der Waals surface area (Å²) in [4.78, 5) is 4.15.